The number of hydrogen-bond donors (Lipinski definition) is 1. The summed E-state index contributed by atoms with van der Waals surface area (Å²) in [6, 6.07) is 7.93. The molecule has 0 aliphatic rings. The lowest BCUT2D eigenvalue weighted by molar-refractivity contribution is 0.461. The van der Waals surface area contributed by atoms with Crippen LogP contribution in [0.5, 0.6) is 11.6 Å². The van der Waals surface area contributed by atoms with Crippen LogP contribution in [0.4, 0.5) is 0 Å². The third-order valence-corrected chi connectivity index (χ3v) is 3.65. The van der Waals surface area contributed by atoms with E-state index in [9.17, 15) is 0 Å². The normalized spacial score (nSPS) is 10.7. The molecule has 2 aromatic rings. The second kappa shape index (κ2) is 6.22. The molecule has 0 saturated carbocycles. The molecular formula is C17H20N2OS. The van der Waals surface area contributed by atoms with Crippen molar-refractivity contribution in [3.63, 3.8) is 0 Å². The van der Waals surface area contributed by atoms with Crippen LogP contribution in [0.25, 0.3) is 0 Å². The molecule has 0 fully saturated rings. The van der Waals surface area contributed by atoms with Crippen molar-refractivity contribution in [3.8, 4) is 11.6 Å². The molecule has 21 heavy (non-hydrogen) atoms. The van der Waals surface area contributed by atoms with Gasteiger partial charge in [-0.05, 0) is 54.7 Å². The Morgan fingerprint density at radius 2 is 1.90 bits per heavy atom. The number of aromatic nitrogens is 1. The van der Waals surface area contributed by atoms with E-state index >= 15 is 0 Å². The zero-order valence-electron chi connectivity index (χ0n) is 12.8. The van der Waals surface area contributed by atoms with E-state index < -0.39 is 0 Å². The minimum Gasteiger partial charge on any atom is -0.438 e. The molecule has 0 aliphatic heterocycles. The Kier molecular flexibility index (Phi) is 4.58. The highest BCUT2D eigenvalue weighted by molar-refractivity contribution is 7.80. The summed E-state index contributed by atoms with van der Waals surface area (Å²) in [7, 11) is 0. The highest BCUT2D eigenvalue weighted by Gasteiger charge is 2.13. The maximum absolute atomic E-state index is 5.89. The van der Waals surface area contributed by atoms with Gasteiger partial charge in [-0.15, -0.1) is 0 Å². The number of nitrogens with two attached hydrogens (primary N) is 1. The van der Waals surface area contributed by atoms with Gasteiger partial charge in [0.1, 0.15) is 10.7 Å². The molecule has 0 aliphatic carbocycles. The summed E-state index contributed by atoms with van der Waals surface area (Å²) in [6.07, 6.45) is 1.70. The van der Waals surface area contributed by atoms with Gasteiger partial charge >= 0.3 is 0 Å². The van der Waals surface area contributed by atoms with E-state index in [1.807, 2.05) is 25.1 Å². The third-order valence-electron chi connectivity index (χ3n) is 3.45. The molecule has 0 spiro atoms. The molecule has 0 radical (unpaired) electrons. The Morgan fingerprint density at radius 3 is 2.48 bits per heavy atom. The maximum atomic E-state index is 5.89. The molecule has 4 heteroatoms. The lowest BCUT2D eigenvalue weighted by atomic mass is 9.98. The van der Waals surface area contributed by atoms with Gasteiger partial charge in [-0.2, -0.15) is 0 Å². The van der Waals surface area contributed by atoms with Crippen molar-refractivity contribution in [3.05, 3.63) is 52.7 Å². The van der Waals surface area contributed by atoms with Gasteiger partial charge in [-0.3, -0.25) is 0 Å². The van der Waals surface area contributed by atoms with Gasteiger partial charge in [0, 0.05) is 6.20 Å². The van der Waals surface area contributed by atoms with Crippen LogP contribution in [0.3, 0.4) is 0 Å². The van der Waals surface area contributed by atoms with Crippen LogP contribution in [0.15, 0.2) is 30.5 Å². The summed E-state index contributed by atoms with van der Waals surface area (Å²) in [5, 5.41) is 0. The van der Waals surface area contributed by atoms with Crippen molar-refractivity contribution in [1.29, 1.82) is 0 Å². The van der Waals surface area contributed by atoms with Crippen LogP contribution >= 0.6 is 12.2 Å². The first-order chi connectivity index (χ1) is 9.90. The van der Waals surface area contributed by atoms with E-state index in [0.29, 0.717) is 22.3 Å². The Balaban J connectivity index is 2.37. The first-order valence-corrected chi connectivity index (χ1v) is 7.34. The number of pyridine rings is 1. The Morgan fingerprint density at radius 1 is 1.19 bits per heavy atom. The molecule has 0 saturated heterocycles. The highest BCUT2D eigenvalue weighted by Crippen LogP contribution is 2.28. The van der Waals surface area contributed by atoms with Crippen LogP contribution in [0, 0.1) is 13.8 Å². The standard InChI is InChI=1S/C17H20N2OS/c1-10(2)14-6-5-13(9-12(14)4)20-17-15(16(18)21)11(3)7-8-19-17/h5-10H,1-4H3,(H2,18,21). The Bertz CT molecular complexity index is 680. The monoisotopic (exact) mass is 300 g/mol. The average molecular weight is 300 g/mol. The number of benzene rings is 1. The predicted octanol–water partition coefficient (Wildman–Crippen LogP) is 4.25. The van der Waals surface area contributed by atoms with Crippen molar-refractivity contribution in [2.75, 3.05) is 0 Å². The summed E-state index contributed by atoms with van der Waals surface area (Å²) in [5.74, 6) is 1.69. The third kappa shape index (κ3) is 3.39. The molecule has 0 bridgehead atoms. The van der Waals surface area contributed by atoms with Gasteiger partial charge in [0.05, 0.1) is 5.56 Å². The highest BCUT2D eigenvalue weighted by atomic mass is 32.1. The fourth-order valence-corrected chi connectivity index (χ4v) is 2.63. The number of ether oxygens (including phenoxy) is 1. The summed E-state index contributed by atoms with van der Waals surface area (Å²) in [6.45, 7) is 8.38. The molecular weight excluding hydrogens is 280 g/mol. The summed E-state index contributed by atoms with van der Waals surface area (Å²) in [5.41, 5.74) is 9.94. The lowest BCUT2D eigenvalue weighted by Crippen LogP contribution is -2.13. The zero-order chi connectivity index (χ0) is 15.6. The largest absolute Gasteiger partial charge is 0.438 e. The van der Waals surface area contributed by atoms with Crippen LogP contribution in [-0.4, -0.2) is 9.97 Å². The molecule has 0 atom stereocenters. The molecule has 1 aromatic carbocycles. The van der Waals surface area contributed by atoms with Crippen molar-refractivity contribution >= 4 is 17.2 Å². The fourth-order valence-electron chi connectivity index (χ4n) is 2.38. The molecule has 2 rings (SSSR count). The predicted molar refractivity (Wildman–Crippen MR) is 90.2 cm³/mol. The van der Waals surface area contributed by atoms with Crippen LogP contribution in [-0.2, 0) is 0 Å². The van der Waals surface area contributed by atoms with Gasteiger partial charge in [-0.1, -0.05) is 32.1 Å². The van der Waals surface area contributed by atoms with E-state index in [1.165, 1.54) is 11.1 Å². The van der Waals surface area contributed by atoms with E-state index in [-0.39, 0.29) is 0 Å². The van der Waals surface area contributed by atoms with E-state index in [0.717, 1.165) is 11.3 Å². The Hall–Kier alpha value is -1.94. The maximum Gasteiger partial charge on any atom is 0.229 e. The fraction of sp³-hybridized carbons (Fsp3) is 0.294. The van der Waals surface area contributed by atoms with Gasteiger partial charge < -0.3 is 10.5 Å². The molecule has 1 heterocycles. The minimum atomic E-state index is 0.297. The zero-order valence-corrected chi connectivity index (χ0v) is 13.6. The number of thiocarbonyl (C=S) groups is 1. The molecule has 1 aromatic heterocycles. The van der Waals surface area contributed by atoms with Gasteiger partial charge in [0.2, 0.25) is 5.88 Å². The van der Waals surface area contributed by atoms with Gasteiger partial charge in [0.15, 0.2) is 0 Å². The van der Waals surface area contributed by atoms with Crippen molar-refractivity contribution < 1.29 is 4.74 Å². The van der Waals surface area contributed by atoms with Crippen molar-refractivity contribution in [2.24, 2.45) is 5.73 Å². The second-order valence-electron chi connectivity index (χ2n) is 5.45. The average Bonchev–Trinajstić information content (AvgIpc) is 2.37. The first-order valence-electron chi connectivity index (χ1n) is 6.94. The van der Waals surface area contributed by atoms with E-state index in [1.54, 1.807) is 6.20 Å². The summed E-state index contributed by atoms with van der Waals surface area (Å²) in [4.78, 5) is 4.55. The van der Waals surface area contributed by atoms with Crippen LogP contribution in [0.1, 0.15) is 42.0 Å². The smallest absolute Gasteiger partial charge is 0.229 e. The number of hydrogen-bond acceptors (Lipinski definition) is 3. The molecule has 0 unspecified atom stereocenters. The van der Waals surface area contributed by atoms with E-state index in [2.05, 4.69) is 31.8 Å². The minimum absolute atomic E-state index is 0.297. The van der Waals surface area contributed by atoms with Crippen LogP contribution < -0.4 is 10.5 Å². The topological polar surface area (TPSA) is 48.1 Å². The van der Waals surface area contributed by atoms with Crippen molar-refractivity contribution in [1.82, 2.24) is 4.98 Å². The van der Waals surface area contributed by atoms with Gasteiger partial charge in [-0.25, -0.2) is 4.98 Å². The van der Waals surface area contributed by atoms with Crippen LogP contribution in [0.2, 0.25) is 0 Å². The number of rotatable bonds is 4. The SMILES string of the molecule is Cc1cc(Oc2nccc(C)c2C(N)=S)ccc1C(C)C. The molecule has 3 nitrogen and oxygen atoms in total. The van der Waals surface area contributed by atoms with Gasteiger partial charge in [0.25, 0.3) is 0 Å². The molecule has 110 valence electrons. The number of aryl methyl sites for hydroxylation is 2. The molecule has 2 N–H and O–H groups in total. The summed E-state index contributed by atoms with van der Waals surface area (Å²) < 4.78 is 5.89. The number of nitrogens with zero attached hydrogens (tertiary/aromatic N) is 1. The lowest BCUT2D eigenvalue weighted by Gasteiger charge is -2.14. The molecule has 0 amide bonds. The van der Waals surface area contributed by atoms with Crippen molar-refractivity contribution in [2.45, 2.75) is 33.6 Å². The second-order valence-corrected chi connectivity index (χ2v) is 5.89. The first kappa shape index (κ1) is 15.4. The Labute approximate surface area is 131 Å². The summed E-state index contributed by atoms with van der Waals surface area (Å²) >= 11 is 5.09. The quantitative estimate of drug-likeness (QED) is 0.858. The van der Waals surface area contributed by atoms with E-state index in [4.69, 9.17) is 22.7 Å².